The summed E-state index contributed by atoms with van der Waals surface area (Å²) in [6.45, 7) is 6.64. The predicted molar refractivity (Wildman–Crippen MR) is 67.1 cm³/mol. The molecule has 2 aromatic rings. The van der Waals surface area contributed by atoms with Crippen molar-refractivity contribution in [3.63, 3.8) is 0 Å². The first-order valence-electron chi connectivity index (χ1n) is 5.03. The van der Waals surface area contributed by atoms with Gasteiger partial charge in [0.15, 0.2) is 0 Å². The van der Waals surface area contributed by atoms with Gasteiger partial charge in [0.25, 0.3) is 0 Å². The molecular weight excluding hydrogens is 252 g/mol. The lowest BCUT2D eigenvalue weighted by Crippen LogP contribution is -2.16. The Balaban J connectivity index is 2.86. The van der Waals surface area contributed by atoms with Gasteiger partial charge in [-0.25, -0.2) is 0 Å². The third-order valence-corrected chi connectivity index (χ3v) is 3.17. The first kappa shape index (κ1) is 10.7. The summed E-state index contributed by atoms with van der Waals surface area (Å²) in [5.41, 5.74) is 2.44. The fourth-order valence-corrected chi connectivity index (χ4v) is 2.52. The second kappa shape index (κ2) is 3.34. The second-order valence-electron chi connectivity index (χ2n) is 4.86. The van der Waals surface area contributed by atoms with E-state index in [-0.39, 0.29) is 5.41 Å². The van der Waals surface area contributed by atoms with E-state index in [2.05, 4.69) is 53.9 Å². The van der Waals surface area contributed by atoms with Crippen LogP contribution in [0.15, 0.2) is 22.7 Å². The Labute approximate surface area is 98.4 Å². The molecule has 0 N–H and O–H groups in total. The molecule has 1 heterocycles. The van der Waals surface area contributed by atoms with Gasteiger partial charge < -0.3 is 0 Å². The zero-order valence-electron chi connectivity index (χ0n) is 9.50. The molecule has 2 rings (SSSR count). The Morgan fingerprint density at radius 3 is 2.53 bits per heavy atom. The number of aromatic nitrogens is 2. The highest BCUT2D eigenvalue weighted by Crippen LogP contribution is 2.32. The first-order chi connectivity index (χ1) is 6.91. The van der Waals surface area contributed by atoms with Gasteiger partial charge in [0.2, 0.25) is 0 Å². The van der Waals surface area contributed by atoms with Gasteiger partial charge in [0.1, 0.15) is 5.52 Å². The van der Waals surface area contributed by atoms with Crippen molar-refractivity contribution in [2.75, 3.05) is 0 Å². The van der Waals surface area contributed by atoms with Gasteiger partial charge >= 0.3 is 0 Å². The van der Waals surface area contributed by atoms with Crippen molar-refractivity contribution >= 4 is 26.8 Å². The molecule has 1 aromatic heterocycles. The predicted octanol–water partition coefficient (Wildman–Crippen LogP) is 3.63. The number of fused-ring (bicyclic) bond motifs is 1. The molecule has 0 radical (unpaired) electrons. The number of nitrogens with zero attached hydrogens (tertiary/aromatic N) is 2. The van der Waals surface area contributed by atoms with E-state index in [4.69, 9.17) is 0 Å². The van der Waals surface area contributed by atoms with Crippen molar-refractivity contribution in [3.8, 4) is 0 Å². The fourth-order valence-electron chi connectivity index (χ4n) is 2.07. The van der Waals surface area contributed by atoms with Gasteiger partial charge in [-0.15, -0.1) is 0 Å². The van der Waals surface area contributed by atoms with E-state index >= 15 is 0 Å². The van der Waals surface area contributed by atoms with E-state index < -0.39 is 0 Å². The molecule has 15 heavy (non-hydrogen) atoms. The number of aryl methyl sites for hydroxylation is 1. The molecule has 0 bridgehead atoms. The maximum atomic E-state index is 4.55. The molecule has 0 fully saturated rings. The summed E-state index contributed by atoms with van der Waals surface area (Å²) in [5.74, 6) is 0. The van der Waals surface area contributed by atoms with Gasteiger partial charge in [-0.1, -0.05) is 32.9 Å². The largest absolute Gasteiger partial charge is 0.271 e. The summed E-state index contributed by atoms with van der Waals surface area (Å²) in [5, 5.41) is 5.78. The molecule has 0 spiro atoms. The Hall–Kier alpha value is -0.830. The van der Waals surface area contributed by atoms with Crippen LogP contribution >= 0.6 is 15.9 Å². The number of hydrogen-bond donors (Lipinski definition) is 0. The molecule has 3 heteroatoms. The standard InChI is InChI=1S/C12H15BrN2/c1-12(2,3)11-8-6-5-7-9(13)10(8)14-15(11)4/h5-7H,1-4H3. The van der Waals surface area contributed by atoms with E-state index in [1.165, 1.54) is 11.1 Å². The Kier molecular flexibility index (Phi) is 2.38. The molecule has 0 atom stereocenters. The summed E-state index contributed by atoms with van der Waals surface area (Å²) in [6.07, 6.45) is 0. The molecule has 0 aliphatic heterocycles. The van der Waals surface area contributed by atoms with E-state index in [9.17, 15) is 0 Å². The zero-order valence-corrected chi connectivity index (χ0v) is 11.1. The van der Waals surface area contributed by atoms with Crippen LogP contribution in [-0.4, -0.2) is 9.78 Å². The lowest BCUT2D eigenvalue weighted by Gasteiger charge is -2.19. The highest BCUT2D eigenvalue weighted by molar-refractivity contribution is 9.10. The van der Waals surface area contributed by atoms with Crippen molar-refractivity contribution in [1.29, 1.82) is 0 Å². The Bertz CT molecular complexity index is 506. The highest BCUT2D eigenvalue weighted by Gasteiger charge is 2.22. The van der Waals surface area contributed by atoms with Gasteiger partial charge in [0, 0.05) is 22.3 Å². The minimum atomic E-state index is 0.115. The zero-order chi connectivity index (χ0) is 11.2. The van der Waals surface area contributed by atoms with Crippen LogP contribution in [0.4, 0.5) is 0 Å². The van der Waals surface area contributed by atoms with Crippen molar-refractivity contribution in [2.24, 2.45) is 7.05 Å². The third-order valence-electron chi connectivity index (χ3n) is 2.53. The van der Waals surface area contributed by atoms with Crippen LogP contribution in [0.3, 0.4) is 0 Å². The van der Waals surface area contributed by atoms with Crippen LogP contribution in [0, 0.1) is 0 Å². The van der Waals surface area contributed by atoms with Crippen molar-refractivity contribution in [1.82, 2.24) is 9.78 Å². The summed E-state index contributed by atoms with van der Waals surface area (Å²) >= 11 is 3.54. The molecule has 0 amide bonds. The average molecular weight is 267 g/mol. The summed E-state index contributed by atoms with van der Waals surface area (Å²) in [4.78, 5) is 0. The molecule has 1 aromatic carbocycles. The lowest BCUT2D eigenvalue weighted by molar-refractivity contribution is 0.528. The SMILES string of the molecule is Cn1nc2c(Br)cccc2c1C(C)(C)C. The summed E-state index contributed by atoms with van der Waals surface area (Å²) in [6, 6.07) is 6.22. The maximum absolute atomic E-state index is 4.55. The Morgan fingerprint density at radius 1 is 1.27 bits per heavy atom. The van der Waals surface area contributed by atoms with Crippen molar-refractivity contribution < 1.29 is 0 Å². The minimum Gasteiger partial charge on any atom is -0.271 e. The smallest absolute Gasteiger partial charge is 0.107 e. The monoisotopic (exact) mass is 266 g/mol. The van der Waals surface area contributed by atoms with Crippen LogP contribution in [0.25, 0.3) is 10.9 Å². The number of halogens is 1. The highest BCUT2D eigenvalue weighted by atomic mass is 79.9. The third kappa shape index (κ3) is 1.69. The Morgan fingerprint density at radius 2 is 1.93 bits per heavy atom. The molecule has 0 aliphatic rings. The van der Waals surface area contributed by atoms with E-state index in [0.29, 0.717) is 0 Å². The average Bonchev–Trinajstić information content (AvgIpc) is 2.41. The number of rotatable bonds is 0. The van der Waals surface area contributed by atoms with Gasteiger partial charge in [-0.3, -0.25) is 4.68 Å². The normalized spacial score (nSPS) is 12.3. The van der Waals surface area contributed by atoms with Crippen molar-refractivity contribution in [3.05, 3.63) is 28.4 Å². The van der Waals surface area contributed by atoms with Crippen LogP contribution in [0.5, 0.6) is 0 Å². The topological polar surface area (TPSA) is 17.8 Å². The molecular formula is C12H15BrN2. The van der Waals surface area contributed by atoms with Crippen LogP contribution in [0.2, 0.25) is 0 Å². The second-order valence-corrected chi connectivity index (χ2v) is 5.71. The number of benzene rings is 1. The molecule has 0 saturated heterocycles. The molecule has 0 aliphatic carbocycles. The summed E-state index contributed by atoms with van der Waals surface area (Å²) in [7, 11) is 2.01. The van der Waals surface area contributed by atoms with Crippen molar-refractivity contribution in [2.45, 2.75) is 26.2 Å². The summed E-state index contributed by atoms with van der Waals surface area (Å²) < 4.78 is 3.04. The first-order valence-corrected chi connectivity index (χ1v) is 5.82. The lowest BCUT2D eigenvalue weighted by atomic mass is 9.90. The van der Waals surface area contributed by atoms with Crippen LogP contribution in [0.1, 0.15) is 26.5 Å². The van der Waals surface area contributed by atoms with Gasteiger partial charge in [-0.2, -0.15) is 5.10 Å². The van der Waals surface area contributed by atoms with Gasteiger partial charge in [0.05, 0.1) is 5.69 Å². The van der Waals surface area contributed by atoms with E-state index in [1.54, 1.807) is 0 Å². The van der Waals surface area contributed by atoms with E-state index in [1.807, 2.05) is 17.8 Å². The van der Waals surface area contributed by atoms with Gasteiger partial charge in [-0.05, 0) is 22.0 Å². The quantitative estimate of drug-likeness (QED) is 0.712. The van der Waals surface area contributed by atoms with E-state index in [0.717, 1.165) is 9.99 Å². The number of hydrogen-bond acceptors (Lipinski definition) is 1. The fraction of sp³-hybridized carbons (Fsp3) is 0.417. The van der Waals surface area contributed by atoms with Crippen LogP contribution < -0.4 is 0 Å². The minimum absolute atomic E-state index is 0.115. The molecule has 0 unspecified atom stereocenters. The maximum Gasteiger partial charge on any atom is 0.107 e. The van der Waals surface area contributed by atoms with Crippen LogP contribution in [-0.2, 0) is 12.5 Å². The molecule has 80 valence electrons. The molecule has 0 saturated carbocycles. The molecule has 2 nitrogen and oxygen atoms in total.